The van der Waals surface area contributed by atoms with E-state index in [4.69, 9.17) is 0 Å². The number of pyridine rings is 1. The number of nitrogens with one attached hydrogen (secondary N) is 2. The highest BCUT2D eigenvalue weighted by atomic mass is 16.2. The topological polar surface area (TPSA) is 62.0 Å². The third kappa shape index (κ3) is 3.85. The van der Waals surface area contributed by atoms with Gasteiger partial charge in [0.05, 0.1) is 0 Å². The summed E-state index contributed by atoms with van der Waals surface area (Å²) in [6.07, 6.45) is 4.27. The van der Waals surface area contributed by atoms with Gasteiger partial charge in [-0.25, -0.2) is 0 Å². The SMILES string of the molecule is O=C(NC1CCCC1)c1ccc(-c2ccc(-c3ccccc3)cc2)[nH]c1=O. The minimum absolute atomic E-state index is 0.173. The third-order valence-electron chi connectivity index (χ3n) is 5.15. The largest absolute Gasteiger partial charge is 0.349 e. The van der Waals surface area contributed by atoms with Gasteiger partial charge in [-0.15, -0.1) is 0 Å². The van der Waals surface area contributed by atoms with Crippen LogP contribution >= 0.6 is 0 Å². The van der Waals surface area contributed by atoms with E-state index in [1.165, 1.54) is 0 Å². The molecule has 4 rings (SSSR count). The molecule has 4 heteroatoms. The summed E-state index contributed by atoms with van der Waals surface area (Å²) in [6, 6.07) is 21.8. The van der Waals surface area contributed by atoms with E-state index >= 15 is 0 Å². The van der Waals surface area contributed by atoms with Crippen LogP contribution in [0.25, 0.3) is 22.4 Å². The van der Waals surface area contributed by atoms with Crippen LogP contribution in [0.4, 0.5) is 0 Å². The first kappa shape index (κ1) is 17.3. The number of rotatable bonds is 4. The van der Waals surface area contributed by atoms with Gasteiger partial charge in [0.15, 0.2) is 0 Å². The molecule has 0 bridgehead atoms. The molecule has 0 unspecified atom stereocenters. The molecule has 3 aromatic rings. The van der Waals surface area contributed by atoms with Gasteiger partial charge in [-0.1, -0.05) is 67.4 Å². The molecule has 1 aliphatic carbocycles. The molecule has 2 N–H and O–H groups in total. The molecule has 27 heavy (non-hydrogen) atoms. The van der Waals surface area contributed by atoms with Gasteiger partial charge in [-0.05, 0) is 41.7 Å². The average Bonchev–Trinajstić information content (AvgIpc) is 3.21. The lowest BCUT2D eigenvalue weighted by Gasteiger charge is -2.11. The predicted octanol–water partition coefficient (Wildman–Crippen LogP) is 4.38. The molecule has 1 heterocycles. The number of carbonyl (C=O) groups excluding carboxylic acids is 1. The molecule has 136 valence electrons. The standard InChI is InChI=1S/C23H22N2O2/c26-22(24-19-8-4-5-9-19)20-14-15-21(25-23(20)27)18-12-10-17(11-13-18)16-6-2-1-3-7-16/h1-3,6-7,10-15,19H,4-5,8-9H2,(H,24,26)(H,25,27). The molecule has 0 saturated heterocycles. The first-order valence-corrected chi connectivity index (χ1v) is 9.41. The van der Waals surface area contributed by atoms with Gasteiger partial charge < -0.3 is 10.3 Å². The van der Waals surface area contributed by atoms with Crippen LogP contribution in [0.5, 0.6) is 0 Å². The average molecular weight is 358 g/mol. The molecular weight excluding hydrogens is 336 g/mol. The normalized spacial score (nSPS) is 14.2. The van der Waals surface area contributed by atoms with Gasteiger partial charge in [-0.2, -0.15) is 0 Å². The van der Waals surface area contributed by atoms with Crippen LogP contribution in [0.15, 0.2) is 71.5 Å². The summed E-state index contributed by atoms with van der Waals surface area (Å²) >= 11 is 0. The minimum atomic E-state index is -0.352. The Bertz CT molecular complexity index is 985. The molecule has 0 spiro atoms. The van der Waals surface area contributed by atoms with Crippen molar-refractivity contribution >= 4 is 5.91 Å². The van der Waals surface area contributed by atoms with E-state index in [0.717, 1.165) is 42.4 Å². The van der Waals surface area contributed by atoms with Crippen molar-refractivity contribution in [3.05, 3.63) is 82.6 Å². The Morgan fingerprint density at radius 2 is 1.44 bits per heavy atom. The van der Waals surface area contributed by atoms with Crippen molar-refractivity contribution in [2.75, 3.05) is 0 Å². The van der Waals surface area contributed by atoms with Crippen molar-refractivity contribution in [2.24, 2.45) is 0 Å². The Kier molecular flexibility index (Phi) is 4.88. The molecule has 1 aliphatic rings. The van der Waals surface area contributed by atoms with Crippen LogP contribution in [0.2, 0.25) is 0 Å². The van der Waals surface area contributed by atoms with Crippen molar-refractivity contribution in [3.63, 3.8) is 0 Å². The van der Waals surface area contributed by atoms with Crippen molar-refractivity contribution in [2.45, 2.75) is 31.7 Å². The summed E-state index contributed by atoms with van der Waals surface area (Å²) in [5, 5.41) is 2.96. The lowest BCUT2D eigenvalue weighted by molar-refractivity contribution is 0.0936. The van der Waals surface area contributed by atoms with Gasteiger partial charge in [0, 0.05) is 11.7 Å². The number of aromatic nitrogens is 1. The first-order valence-electron chi connectivity index (χ1n) is 9.41. The Morgan fingerprint density at radius 3 is 2.11 bits per heavy atom. The summed E-state index contributed by atoms with van der Waals surface area (Å²) in [6.45, 7) is 0. The highest BCUT2D eigenvalue weighted by Gasteiger charge is 2.19. The van der Waals surface area contributed by atoms with E-state index in [-0.39, 0.29) is 23.1 Å². The maximum atomic E-state index is 12.4. The van der Waals surface area contributed by atoms with Crippen LogP contribution in [-0.4, -0.2) is 16.9 Å². The lowest BCUT2D eigenvalue weighted by Crippen LogP contribution is -2.36. The highest BCUT2D eigenvalue weighted by Crippen LogP contribution is 2.23. The van der Waals surface area contributed by atoms with Gasteiger partial charge in [0.1, 0.15) is 5.56 Å². The second-order valence-corrected chi connectivity index (χ2v) is 7.01. The second-order valence-electron chi connectivity index (χ2n) is 7.01. The number of benzene rings is 2. The van der Waals surface area contributed by atoms with Crippen molar-refractivity contribution in [3.8, 4) is 22.4 Å². The zero-order chi connectivity index (χ0) is 18.6. The van der Waals surface area contributed by atoms with E-state index < -0.39 is 0 Å². The van der Waals surface area contributed by atoms with Crippen molar-refractivity contribution < 1.29 is 4.79 Å². The Hall–Kier alpha value is -3.14. The second kappa shape index (κ2) is 7.62. The molecule has 0 radical (unpaired) electrons. The molecule has 1 fully saturated rings. The van der Waals surface area contributed by atoms with E-state index in [2.05, 4.69) is 22.4 Å². The molecule has 1 aromatic heterocycles. The lowest BCUT2D eigenvalue weighted by atomic mass is 10.0. The molecule has 1 saturated carbocycles. The summed E-state index contributed by atoms with van der Waals surface area (Å²) in [5.41, 5.74) is 3.71. The predicted molar refractivity (Wildman–Crippen MR) is 108 cm³/mol. The summed E-state index contributed by atoms with van der Waals surface area (Å²) in [5.74, 6) is -0.283. The molecule has 1 amide bonds. The monoisotopic (exact) mass is 358 g/mol. The summed E-state index contributed by atoms with van der Waals surface area (Å²) in [7, 11) is 0. The van der Waals surface area contributed by atoms with Gasteiger partial charge in [0.25, 0.3) is 11.5 Å². The quantitative estimate of drug-likeness (QED) is 0.727. The van der Waals surface area contributed by atoms with Crippen LogP contribution < -0.4 is 10.9 Å². The van der Waals surface area contributed by atoms with Gasteiger partial charge >= 0.3 is 0 Å². The van der Waals surface area contributed by atoms with Crippen LogP contribution in [0, 0.1) is 0 Å². The maximum Gasteiger partial charge on any atom is 0.261 e. The fraction of sp³-hybridized carbons (Fsp3) is 0.217. The van der Waals surface area contributed by atoms with E-state index in [1.54, 1.807) is 12.1 Å². The maximum absolute atomic E-state index is 12.4. The molecule has 0 atom stereocenters. The smallest absolute Gasteiger partial charge is 0.261 e. The first-order chi connectivity index (χ1) is 13.2. The number of aromatic amines is 1. The van der Waals surface area contributed by atoms with Gasteiger partial charge in [-0.3, -0.25) is 9.59 Å². The molecular formula is C23H22N2O2. The van der Waals surface area contributed by atoms with Crippen LogP contribution in [-0.2, 0) is 0 Å². The molecule has 2 aromatic carbocycles. The van der Waals surface area contributed by atoms with Crippen molar-refractivity contribution in [1.82, 2.24) is 10.3 Å². The Balaban J connectivity index is 1.53. The molecule has 0 aliphatic heterocycles. The fourth-order valence-electron chi connectivity index (χ4n) is 3.63. The van der Waals surface area contributed by atoms with Crippen LogP contribution in [0.3, 0.4) is 0 Å². The Morgan fingerprint density at radius 1 is 0.815 bits per heavy atom. The number of carbonyl (C=O) groups is 1. The number of hydrogen-bond donors (Lipinski definition) is 2. The summed E-state index contributed by atoms with van der Waals surface area (Å²) in [4.78, 5) is 27.6. The number of H-pyrrole nitrogens is 1. The third-order valence-corrected chi connectivity index (χ3v) is 5.15. The van der Waals surface area contributed by atoms with Crippen molar-refractivity contribution in [1.29, 1.82) is 0 Å². The number of hydrogen-bond acceptors (Lipinski definition) is 2. The van der Waals surface area contributed by atoms with Crippen LogP contribution in [0.1, 0.15) is 36.0 Å². The summed E-state index contributed by atoms with van der Waals surface area (Å²) < 4.78 is 0. The van der Waals surface area contributed by atoms with E-state index in [1.807, 2.05) is 42.5 Å². The number of amides is 1. The highest BCUT2D eigenvalue weighted by molar-refractivity contribution is 5.94. The minimum Gasteiger partial charge on any atom is -0.349 e. The van der Waals surface area contributed by atoms with Gasteiger partial charge in [0.2, 0.25) is 0 Å². The Labute approximate surface area is 158 Å². The van der Waals surface area contributed by atoms with E-state index in [0.29, 0.717) is 5.69 Å². The zero-order valence-electron chi connectivity index (χ0n) is 15.1. The molecule has 4 nitrogen and oxygen atoms in total. The fourth-order valence-corrected chi connectivity index (χ4v) is 3.63. The van der Waals surface area contributed by atoms with E-state index in [9.17, 15) is 9.59 Å². The zero-order valence-corrected chi connectivity index (χ0v) is 15.1.